The lowest BCUT2D eigenvalue weighted by Gasteiger charge is -2.47. The van der Waals surface area contributed by atoms with E-state index >= 15 is 0 Å². The van der Waals surface area contributed by atoms with Crippen LogP contribution < -0.4 is 0 Å². The Bertz CT molecular complexity index is 365. The highest BCUT2D eigenvalue weighted by molar-refractivity contribution is 5.05. The summed E-state index contributed by atoms with van der Waals surface area (Å²) in [7, 11) is 0. The fraction of sp³-hybridized carbons (Fsp3) is 1.00. The van der Waals surface area contributed by atoms with Gasteiger partial charge in [-0.15, -0.1) is 0 Å². The van der Waals surface area contributed by atoms with Gasteiger partial charge in [-0.2, -0.15) is 0 Å². The van der Waals surface area contributed by atoms with Crippen molar-refractivity contribution in [3.8, 4) is 0 Å². The third-order valence-corrected chi connectivity index (χ3v) is 6.55. The van der Waals surface area contributed by atoms with Gasteiger partial charge in [0.05, 0.1) is 6.10 Å². The van der Waals surface area contributed by atoms with Crippen molar-refractivity contribution in [2.45, 2.75) is 104 Å². The van der Waals surface area contributed by atoms with Crippen LogP contribution in [0.25, 0.3) is 0 Å². The van der Waals surface area contributed by atoms with Crippen LogP contribution in [-0.4, -0.2) is 17.5 Å². The van der Waals surface area contributed by atoms with Gasteiger partial charge in [-0.3, -0.25) is 0 Å². The number of fused-ring (bicyclic) bond motifs is 1. The van der Waals surface area contributed by atoms with Crippen LogP contribution in [0.3, 0.4) is 0 Å². The van der Waals surface area contributed by atoms with Crippen molar-refractivity contribution in [1.82, 2.24) is 0 Å². The molecule has 1 aliphatic heterocycles. The molecule has 0 unspecified atom stereocenters. The minimum Gasteiger partial charge on any atom is -0.344 e. The fourth-order valence-electron chi connectivity index (χ4n) is 4.51. The lowest BCUT2D eigenvalue weighted by molar-refractivity contribution is -0.197. The summed E-state index contributed by atoms with van der Waals surface area (Å²) < 4.78 is 13.2. The van der Waals surface area contributed by atoms with Crippen LogP contribution in [-0.2, 0) is 9.47 Å². The van der Waals surface area contributed by atoms with E-state index in [0.29, 0.717) is 0 Å². The van der Waals surface area contributed by atoms with Crippen molar-refractivity contribution in [1.29, 1.82) is 0 Å². The summed E-state index contributed by atoms with van der Waals surface area (Å²) >= 11 is 0. The summed E-state index contributed by atoms with van der Waals surface area (Å²) in [6.07, 6.45) is 7.26. The predicted molar refractivity (Wildman–Crippen MR) is 88.3 cm³/mol. The van der Waals surface area contributed by atoms with Crippen LogP contribution in [0.15, 0.2) is 0 Å². The molecule has 0 aromatic carbocycles. The molecule has 0 spiro atoms. The number of rotatable bonds is 3. The van der Waals surface area contributed by atoms with E-state index in [1.165, 1.54) is 19.3 Å². The molecular formula is C19H36O2. The maximum atomic E-state index is 6.64. The molecule has 1 saturated carbocycles. The van der Waals surface area contributed by atoms with Crippen molar-refractivity contribution in [2.24, 2.45) is 17.3 Å². The molecule has 1 heterocycles. The van der Waals surface area contributed by atoms with Gasteiger partial charge in [0.1, 0.15) is 5.60 Å². The summed E-state index contributed by atoms with van der Waals surface area (Å²) in [5.41, 5.74) is 0.000615. The zero-order valence-electron chi connectivity index (χ0n) is 15.3. The minimum atomic E-state index is -0.392. The average Bonchev–Trinajstić information content (AvgIpc) is 2.65. The van der Waals surface area contributed by atoms with E-state index in [-0.39, 0.29) is 17.1 Å². The standard InChI is InChI=1S/C19H36O2/c1-8-11-18(6)20-16-13-15(9-2)14(3)10-12-17(4,5)19(16,7)21-18/h14-16H,8-13H2,1-7H3/t14-,15+,16+,18+,19+/m1/s1. The first kappa shape index (κ1) is 17.3. The lowest BCUT2D eigenvalue weighted by atomic mass is 9.64. The van der Waals surface area contributed by atoms with Crippen LogP contribution in [0.5, 0.6) is 0 Å². The van der Waals surface area contributed by atoms with Gasteiger partial charge >= 0.3 is 0 Å². The Morgan fingerprint density at radius 2 is 1.76 bits per heavy atom. The number of hydrogen-bond acceptors (Lipinski definition) is 2. The highest BCUT2D eigenvalue weighted by Crippen LogP contribution is 2.54. The Labute approximate surface area is 132 Å². The highest BCUT2D eigenvalue weighted by atomic mass is 16.8. The molecule has 0 aromatic rings. The Morgan fingerprint density at radius 3 is 2.33 bits per heavy atom. The van der Waals surface area contributed by atoms with Crippen LogP contribution in [0, 0.1) is 17.3 Å². The molecule has 0 amide bonds. The van der Waals surface area contributed by atoms with Crippen molar-refractivity contribution in [2.75, 3.05) is 0 Å². The molecule has 124 valence electrons. The Kier molecular flexibility index (Phi) is 4.81. The van der Waals surface area contributed by atoms with Gasteiger partial charge < -0.3 is 9.47 Å². The largest absolute Gasteiger partial charge is 0.344 e. The van der Waals surface area contributed by atoms with Gasteiger partial charge in [0.2, 0.25) is 0 Å². The molecule has 21 heavy (non-hydrogen) atoms. The predicted octanol–water partition coefficient (Wildman–Crippen LogP) is 5.55. The van der Waals surface area contributed by atoms with Crippen molar-refractivity contribution in [3.05, 3.63) is 0 Å². The highest BCUT2D eigenvalue weighted by Gasteiger charge is 2.59. The van der Waals surface area contributed by atoms with Crippen LogP contribution in [0.4, 0.5) is 0 Å². The summed E-state index contributed by atoms with van der Waals surface area (Å²) in [5, 5.41) is 0. The monoisotopic (exact) mass is 296 g/mol. The van der Waals surface area contributed by atoms with E-state index in [1.807, 2.05) is 0 Å². The summed E-state index contributed by atoms with van der Waals surface area (Å²) in [6.45, 7) is 16.2. The molecule has 0 N–H and O–H groups in total. The maximum absolute atomic E-state index is 6.64. The molecule has 1 aliphatic carbocycles. The first-order valence-corrected chi connectivity index (χ1v) is 9.05. The molecule has 0 radical (unpaired) electrons. The van der Waals surface area contributed by atoms with Gasteiger partial charge in [0.25, 0.3) is 0 Å². The van der Waals surface area contributed by atoms with Crippen LogP contribution in [0.2, 0.25) is 0 Å². The number of ether oxygens (including phenoxy) is 2. The molecule has 2 aliphatic rings. The van der Waals surface area contributed by atoms with Gasteiger partial charge in [-0.25, -0.2) is 0 Å². The number of hydrogen-bond donors (Lipinski definition) is 0. The summed E-state index contributed by atoms with van der Waals surface area (Å²) in [5.74, 6) is 1.16. The van der Waals surface area contributed by atoms with Gasteiger partial charge in [0.15, 0.2) is 5.79 Å². The SMILES string of the molecule is CCC[C@@]1(C)O[C@H]2C[C@H](CC)[C@H](C)CCC(C)(C)[C@@]2(C)O1. The molecule has 2 nitrogen and oxygen atoms in total. The molecule has 2 rings (SSSR count). The lowest BCUT2D eigenvalue weighted by Crippen LogP contribution is -2.52. The third kappa shape index (κ3) is 3.03. The Hall–Kier alpha value is -0.0800. The first-order valence-electron chi connectivity index (χ1n) is 9.05. The van der Waals surface area contributed by atoms with E-state index in [0.717, 1.165) is 31.1 Å². The van der Waals surface area contributed by atoms with Gasteiger partial charge in [0, 0.05) is 6.42 Å². The van der Waals surface area contributed by atoms with E-state index in [1.54, 1.807) is 0 Å². The Morgan fingerprint density at radius 1 is 1.10 bits per heavy atom. The first-order chi connectivity index (χ1) is 9.67. The normalized spacial score (nSPS) is 46.7. The molecule has 0 aromatic heterocycles. The topological polar surface area (TPSA) is 18.5 Å². The summed E-state index contributed by atoms with van der Waals surface area (Å²) in [4.78, 5) is 0. The van der Waals surface area contributed by atoms with Crippen molar-refractivity contribution >= 4 is 0 Å². The average molecular weight is 296 g/mol. The van der Waals surface area contributed by atoms with Crippen molar-refractivity contribution < 1.29 is 9.47 Å². The molecular weight excluding hydrogens is 260 g/mol. The van der Waals surface area contributed by atoms with E-state index in [4.69, 9.17) is 9.47 Å². The van der Waals surface area contributed by atoms with Crippen molar-refractivity contribution in [3.63, 3.8) is 0 Å². The third-order valence-electron chi connectivity index (χ3n) is 6.55. The summed E-state index contributed by atoms with van der Waals surface area (Å²) in [6, 6.07) is 0. The van der Waals surface area contributed by atoms with Crippen LogP contribution >= 0.6 is 0 Å². The molecule has 1 saturated heterocycles. The fourth-order valence-corrected chi connectivity index (χ4v) is 4.51. The zero-order chi connectivity index (χ0) is 15.9. The molecule has 2 fully saturated rings. The minimum absolute atomic E-state index is 0.162. The van der Waals surface area contributed by atoms with E-state index in [2.05, 4.69) is 48.5 Å². The van der Waals surface area contributed by atoms with Gasteiger partial charge in [-0.1, -0.05) is 47.5 Å². The van der Waals surface area contributed by atoms with E-state index in [9.17, 15) is 0 Å². The molecule has 0 bridgehead atoms. The van der Waals surface area contributed by atoms with Crippen LogP contribution in [0.1, 0.15) is 87.0 Å². The maximum Gasteiger partial charge on any atom is 0.166 e. The second-order valence-corrected chi connectivity index (χ2v) is 8.50. The molecule has 5 atom stereocenters. The zero-order valence-corrected chi connectivity index (χ0v) is 15.3. The second kappa shape index (κ2) is 5.85. The molecule has 2 heteroatoms. The quantitative estimate of drug-likeness (QED) is 0.680. The van der Waals surface area contributed by atoms with E-state index < -0.39 is 5.79 Å². The van der Waals surface area contributed by atoms with Gasteiger partial charge in [-0.05, 0) is 50.4 Å². The smallest absolute Gasteiger partial charge is 0.166 e. The Balaban J connectivity index is 2.32. The second-order valence-electron chi connectivity index (χ2n) is 8.50.